The molecular weight excluding hydrogens is 344 g/mol. The Morgan fingerprint density at radius 1 is 0.889 bits per heavy atom. The van der Waals surface area contributed by atoms with Gasteiger partial charge < -0.3 is 15.9 Å². The lowest BCUT2D eigenvalue weighted by Crippen LogP contribution is -2.07. The molecule has 0 spiro atoms. The normalized spacial score (nSPS) is 12.5. The number of pyridine rings is 1. The Bertz CT molecular complexity index is 938. The molecule has 3 rings (SSSR count). The Balaban J connectivity index is 0.000000199. The van der Waals surface area contributed by atoms with E-state index in [1.54, 1.807) is 44.3 Å². The summed E-state index contributed by atoms with van der Waals surface area (Å²) >= 11 is 0. The van der Waals surface area contributed by atoms with E-state index >= 15 is 0 Å². The van der Waals surface area contributed by atoms with Crippen LogP contribution in [0.25, 0.3) is 10.9 Å². The molecule has 3 aromatic rings. The van der Waals surface area contributed by atoms with Crippen LogP contribution in [-0.4, -0.2) is 27.1 Å². The fourth-order valence-electron chi connectivity index (χ4n) is 2.43. The average Bonchev–Trinajstić information content (AvgIpc) is 2.67. The number of aromatic nitrogens is 1. The molecule has 0 aliphatic rings. The van der Waals surface area contributed by atoms with Crippen LogP contribution in [0.1, 0.15) is 36.8 Å². The maximum Gasteiger partial charge on any atom is 0.310 e. The van der Waals surface area contributed by atoms with Crippen LogP contribution in [0.2, 0.25) is 0 Å². The maximum atomic E-state index is 10.8. The average molecular weight is 366 g/mol. The summed E-state index contributed by atoms with van der Waals surface area (Å²) in [6, 6.07) is 16.2. The van der Waals surface area contributed by atoms with Crippen LogP contribution in [0.3, 0.4) is 0 Å². The Morgan fingerprint density at radius 2 is 1.44 bits per heavy atom. The van der Waals surface area contributed by atoms with Crippen molar-refractivity contribution in [2.75, 3.05) is 5.73 Å². The summed E-state index contributed by atoms with van der Waals surface area (Å²) in [7, 11) is 0. The fourth-order valence-corrected chi connectivity index (χ4v) is 2.43. The number of hydrogen-bond donors (Lipinski definition) is 3. The predicted molar refractivity (Wildman–Crippen MR) is 105 cm³/mol. The van der Waals surface area contributed by atoms with Crippen LogP contribution >= 0.6 is 0 Å². The van der Waals surface area contributed by atoms with E-state index < -0.39 is 23.8 Å². The van der Waals surface area contributed by atoms with E-state index in [-0.39, 0.29) is 0 Å². The molecule has 0 saturated heterocycles. The molecule has 140 valence electrons. The van der Waals surface area contributed by atoms with Gasteiger partial charge in [0.25, 0.3) is 0 Å². The number of carboxylic acids is 2. The van der Waals surface area contributed by atoms with E-state index in [2.05, 4.69) is 4.98 Å². The van der Waals surface area contributed by atoms with Crippen LogP contribution in [0.5, 0.6) is 0 Å². The minimum absolute atomic E-state index is 0.467. The lowest BCUT2D eigenvalue weighted by Gasteiger charge is -2.07. The van der Waals surface area contributed by atoms with Crippen molar-refractivity contribution in [3.8, 4) is 0 Å². The molecule has 1 aromatic heterocycles. The number of nitrogens with two attached hydrogens (primary N) is 1. The predicted octanol–water partition coefficient (Wildman–Crippen LogP) is 3.88. The summed E-state index contributed by atoms with van der Waals surface area (Å²) in [5.41, 5.74) is 8.58. The van der Waals surface area contributed by atoms with Crippen molar-refractivity contribution < 1.29 is 19.8 Å². The van der Waals surface area contributed by atoms with Crippen molar-refractivity contribution in [2.45, 2.75) is 25.7 Å². The van der Waals surface area contributed by atoms with Gasteiger partial charge in [-0.3, -0.25) is 14.6 Å². The Labute approximate surface area is 157 Å². The topological polar surface area (TPSA) is 114 Å². The molecule has 0 saturated carbocycles. The SMILES string of the molecule is CC(C(=O)O)c1ccc(N)cc1.CC(C(=O)O)c1ccc2ncccc2c1. The number of nitrogens with zero attached hydrogens (tertiary/aromatic N) is 1. The quantitative estimate of drug-likeness (QED) is 0.604. The summed E-state index contributed by atoms with van der Waals surface area (Å²) < 4.78 is 0. The van der Waals surface area contributed by atoms with Gasteiger partial charge in [-0.25, -0.2) is 0 Å². The molecule has 27 heavy (non-hydrogen) atoms. The third-order valence-electron chi connectivity index (χ3n) is 4.30. The summed E-state index contributed by atoms with van der Waals surface area (Å²) in [6.07, 6.45) is 1.72. The van der Waals surface area contributed by atoms with Crippen molar-refractivity contribution in [1.29, 1.82) is 0 Å². The van der Waals surface area contributed by atoms with Gasteiger partial charge >= 0.3 is 11.9 Å². The van der Waals surface area contributed by atoms with Gasteiger partial charge in [0.1, 0.15) is 0 Å². The minimum Gasteiger partial charge on any atom is -0.481 e. The Kier molecular flexibility index (Phi) is 6.49. The highest BCUT2D eigenvalue weighted by Crippen LogP contribution is 2.20. The van der Waals surface area contributed by atoms with Gasteiger partial charge in [-0.15, -0.1) is 0 Å². The van der Waals surface area contributed by atoms with Crippen molar-refractivity contribution in [2.24, 2.45) is 0 Å². The highest BCUT2D eigenvalue weighted by Gasteiger charge is 2.13. The number of benzene rings is 2. The standard InChI is InChI=1S/C12H11NO2.C9H11NO2/c1-8(12(14)15)9-4-5-11-10(7-9)3-2-6-13-11;1-6(9(11)12)7-2-4-8(10)5-3-7/h2-8H,1H3,(H,14,15);2-6H,10H2,1H3,(H,11,12). The van der Waals surface area contributed by atoms with Crippen molar-refractivity contribution in [3.63, 3.8) is 0 Å². The zero-order valence-electron chi connectivity index (χ0n) is 15.2. The van der Waals surface area contributed by atoms with Gasteiger partial charge in [-0.2, -0.15) is 0 Å². The molecule has 0 amide bonds. The molecule has 2 unspecified atom stereocenters. The molecule has 2 aromatic carbocycles. The highest BCUT2D eigenvalue weighted by atomic mass is 16.4. The summed E-state index contributed by atoms with van der Waals surface area (Å²) in [4.78, 5) is 25.6. The van der Waals surface area contributed by atoms with E-state index in [1.165, 1.54) is 0 Å². The zero-order chi connectivity index (χ0) is 20.0. The molecule has 0 radical (unpaired) electrons. The number of carbonyl (C=O) groups is 2. The second-order valence-corrected chi connectivity index (χ2v) is 6.24. The molecular formula is C21H22N2O4. The van der Waals surface area contributed by atoms with E-state index in [4.69, 9.17) is 15.9 Å². The molecule has 0 bridgehead atoms. The van der Waals surface area contributed by atoms with E-state index in [0.29, 0.717) is 5.69 Å². The number of carboxylic acid groups (broad SMARTS) is 2. The second-order valence-electron chi connectivity index (χ2n) is 6.24. The molecule has 4 N–H and O–H groups in total. The summed E-state index contributed by atoms with van der Waals surface area (Å²) in [6.45, 7) is 3.33. The van der Waals surface area contributed by atoms with E-state index in [9.17, 15) is 9.59 Å². The lowest BCUT2D eigenvalue weighted by atomic mass is 10.00. The first-order valence-electron chi connectivity index (χ1n) is 8.45. The number of hydrogen-bond acceptors (Lipinski definition) is 4. The highest BCUT2D eigenvalue weighted by molar-refractivity contribution is 5.82. The van der Waals surface area contributed by atoms with E-state index in [1.807, 2.05) is 30.3 Å². The first kappa shape index (κ1) is 19.9. The third-order valence-corrected chi connectivity index (χ3v) is 4.30. The third kappa shape index (κ3) is 5.28. The first-order valence-corrected chi connectivity index (χ1v) is 8.45. The van der Waals surface area contributed by atoms with Gasteiger partial charge in [0.15, 0.2) is 0 Å². The molecule has 0 fully saturated rings. The van der Waals surface area contributed by atoms with Crippen LogP contribution in [0, 0.1) is 0 Å². The van der Waals surface area contributed by atoms with E-state index in [0.717, 1.165) is 22.0 Å². The molecule has 6 nitrogen and oxygen atoms in total. The van der Waals surface area contributed by atoms with Crippen LogP contribution in [0.15, 0.2) is 60.8 Å². The summed E-state index contributed by atoms with van der Waals surface area (Å²) in [5, 5.41) is 18.5. The van der Waals surface area contributed by atoms with Crippen molar-refractivity contribution >= 4 is 28.5 Å². The zero-order valence-corrected chi connectivity index (χ0v) is 15.2. The summed E-state index contributed by atoms with van der Waals surface area (Å²) in [5.74, 6) is -2.57. The lowest BCUT2D eigenvalue weighted by molar-refractivity contribution is -0.139. The number of fused-ring (bicyclic) bond motifs is 1. The number of aliphatic carboxylic acids is 2. The fraction of sp³-hybridized carbons (Fsp3) is 0.190. The van der Waals surface area contributed by atoms with Gasteiger partial charge in [0, 0.05) is 17.3 Å². The molecule has 6 heteroatoms. The first-order chi connectivity index (χ1) is 12.8. The van der Waals surface area contributed by atoms with Gasteiger partial charge in [-0.1, -0.05) is 24.3 Å². The Morgan fingerprint density at radius 3 is 2.04 bits per heavy atom. The Hall–Kier alpha value is -3.41. The van der Waals surface area contributed by atoms with Crippen molar-refractivity contribution in [3.05, 3.63) is 71.9 Å². The van der Waals surface area contributed by atoms with Gasteiger partial charge in [0.2, 0.25) is 0 Å². The molecule has 2 atom stereocenters. The number of nitrogen functional groups attached to an aromatic ring is 1. The molecule has 0 aliphatic heterocycles. The second kappa shape index (κ2) is 8.80. The van der Waals surface area contributed by atoms with Crippen LogP contribution in [-0.2, 0) is 9.59 Å². The smallest absolute Gasteiger partial charge is 0.310 e. The number of anilines is 1. The van der Waals surface area contributed by atoms with Gasteiger partial charge in [-0.05, 0) is 55.3 Å². The van der Waals surface area contributed by atoms with Crippen LogP contribution in [0.4, 0.5) is 5.69 Å². The maximum absolute atomic E-state index is 10.8. The monoisotopic (exact) mass is 366 g/mol. The molecule has 1 heterocycles. The van der Waals surface area contributed by atoms with Gasteiger partial charge in [0.05, 0.1) is 17.4 Å². The van der Waals surface area contributed by atoms with Crippen LogP contribution < -0.4 is 5.73 Å². The largest absolute Gasteiger partial charge is 0.481 e. The minimum atomic E-state index is -0.820. The number of rotatable bonds is 4. The van der Waals surface area contributed by atoms with Crippen molar-refractivity contribution in [1.82, 2.24) is 4.98 Å². The molecule has 0 aliphatic carbocycles.